The van der Waals surface area contributed by atoms with Crippen LogP contribution in [0.3, 0.4) is 0 Å². The fourth-order valence-electron chi connectivity index (χ4n) is 2.84. The van der Waals surface area contributed by atoms with Gasteiger partial charge in [-0.25, -0.2) is 4.79 Å². The summed E-state index contributed by atoms with van der Waals surface area (Å²) in [5, 5.41) is 10.6. The first-order valence-corrected chi connectivity index (χ1v) is 8.06. The highest BCUT2D eigenvalue weighted by molar-refractivity contribution is 6.33. The molecule has 1 aromatic carbocycles. The molecule has 1 unspecified atom stereocenters. The van der Waals surface area contributed by atoms with E-state index >= 15 is 0 Å². The van der Waals surface area contributed by atoms with Crippen molar-refractivity contribution in [1.29, 1.82) is 0 Å². The minimum atomic E-state index is -0.227. The molecular weight excluding hydrogens is 314 g/mol. The molecule has 1 fully saturated rings. The van der Waals surface area contributed by atoms with Gasteiger partial charge in [0.05, 0.1) is 10.7 Å². The van der Waals surface area contributed by atoms with E-state index < -0.39 is 0 Å². The largest absolute Gasteiger partial charge is 0.368 e. The smallest absolute Gasteiger partial charge is 0.320 e. The van der Waals surface area contributed by atoms with E-state index in [1.54, 1.807) is 16.9 Å². The van der Waals surface area contributed by atoms with Crippen molar-refractivity contribution in [3.05, 3.63) is 41.6 Å². The first-order valence-electron chi connectivity index (χ1n) is 7.68. The summed E-state index contributed by atoms with van der Waals surface area (Å²) in [4.78, 5) is 14.3. The maximum absolute atomic E-state index is 12.1. The summed E-state index contributed by atoms with van der Waals surface area (Å²) in [7, 11) is 1.81. The lowest BCUT2D eigenvalue weighted by Gasteiger charge is -2.35. The molecule has 6 nitrogen and oxygen atoms in total. The van der Waals surface area contributed by atoms with Crippen LogP contribution in [0.5, 0.6) is 0 Å². The van der Waals surface area contributed by atoms with Gasteiger partial charge in [-0.2, -0.15) is 5.10 Å². The summed E-state index contributed by atoms with van der Waals surface area (Å²) in [6.45, 7) is 1.70. The molecule has 0 saturated carbocycles. The van der Waals surface area contributed by atoms with Gasteiger partial charge in [-0.15, -0.1) is 0 Å². The molecule has 1 aliphatic rings. The number of urea groups is 1. The summed E-state index contributed by atoms with van der Waals surface area (Å²) in [5.74, 6) is 0.545. The molecule has 0 radical (unpaired) electrons. The predicted molar refractivity (Wildman–Crippen MR) is 92.0 cm³/mol. The molecule has 2 amide bonds. The number of amides is 2. The van der Waals surface area contributed by atoms with Gasteiger partial charge >= 0.3 is 6.03 Å². The highest BCUT2D eigenvalue weighted by atomic mass is 35.5. The van der Waals surface area contributed by atoms with Crippen molar-refractivity contribution in [2.45, 2.75) is 18.9 Å². The number of aromatic nitrogens is 2. The molecule has 0 bridgehead atoms. The first-order chi connectivity index (χ1) is 11.1. The maximum atomic E-state index is 12.1. The Balaban J connectivity index is 1.58. The van der Waals surface area contributed by atoms with Crippen LogP contribution in [0, 0.1) is 0 Å². The molecule has 0 spiro atoms. The van der Waals surface area contributed by atoms with Gasteiger partial charge in [0.15, 0.2) is 5.82 Å². The number of carbonyl (C=O) groups excluding carboxylic acids is 1. The summed E-state index contributed by atoms with van der Waals surface area (Å²) in [5.41, 5.74) is 1.02. The van der Waals surface area contributed by atoms with Gasteiger partial charge in [0.25, 0.3) is 0 Å². The van der Waals surface area contributed by atoms with Gasteiger partial charge in [-0.3, -0.25) is 10.00 Å². The zero-order valence-corrected chi connectivity index (χ0v) is 13.8. The van der Waals surface area contributed by atoms with E-state index in [9.17, 15) is 4.79 Å². The summed E-state index contributed by atoms with van der Waals surface area (Å²) < 4.78 is 1.65. The number of nitrogens with one attached hydrogen (secondary N) is 2. The fraction of sp³-hybridized carbons (Fsp3) is 0.375. The fourth-order valence-corrected chi connectivity index (χ4v) is 3.10. The minimum Gasteiger partial charge on any atom is -0.368 e. The van der Waals surface area contributed by atoms with Crippen LogP contribution in [0.15, 0.2) is 36.5 Å². The quantitative estimate of drug-likeness (QED) is 0.908. The number of aryl methyl sites for hydroxylation is 1. The molecule has 1 aromatic heterocycles. The Bertz CT molecular complexity index is 687. The van der Waals surface area contributed by atoms with Crippen LogP contribution >= 0.6 is 11.6 Å². The lowest BCUT2D eigenvalue weighted by Crippen LogP contribution is -2.49. The normalized spacial score (nSPS) is 17.8. The molecule has 7 heteroatoms. The van der Waals surface area contributed by atoms with Gasteiger partial charge < -0.3 is 10.2 Å². The number of nitrogens with zero attached hydrogens (tertiary/aromatic N) is 3. The lowest BCUT2D eigenvalue weighted by molar-refractivity contribution is 0.246. The molecule has 0 aliphatic carbocycles. The second-order valence-corrected chi connectivity index (χ2v) is 6.12. The molecule has 1 atom stereocenters. The topological polar surface area (TPSA) is 62.2 Å². The Kier molecular flexibility index (Phi) is 4.71. The van der Waals surface area contributed by atoms with Crippen molar-refractivity contribution >= 4 is 29.1 Å². The van der Waals surface area contributed by atoms with Crippen molar-refractivity contribution in [2.24, 2.45) is 7.05 Å². The van der Waals surface area contributed by atoms with Gasteiger partial charge in [0, 0.05) is 38.4 Å². The third-order valence-electron chi connectivity index (χ3n) is 3.90. The Morgan fingerprint density at radius 3 is 2.91 bits per heavy atom. The lowest BCUT2D eigenvalue weighted by atomic mass is 10.1. The minimum absolute atomic E-state index is 0.0868. The van der Waals surface area contributed by atoms with Gasteiger partial charge in [-0.1, -0.05) is 23.7 Å². The van der Waals surface area contributed by atoms with Crippen molar-refractivity contribution < 1.29 is 4.79 Å². The first kappa shape index (κ1) is 15.7. The summed E-state index contributed by atoms with van der Waals surface area (Å²) in [6.07, 6.45) is 3.76. The number of piperidine rings is 1. The Labute approximate surface area is 140 Å². The van der Waals surface area contributed by atoms with Crippen LogP contribution in [0.1, 0.15) is 12.8 Å². The zero-order valence-electron chi connectivity index (χ0n) is 13.0. The van der Waals surface area contributed by atoms with Crippen LogP contribution < -0.4 is 15.5 Å². The summed E-state index contributed by atoms with van der Waals surface area (Å²) in [6, 6.07) is 9.42. The van der Waals surface area contributed by atoms with Gasteiger partial charge in [-0.05, 0) is 25.0 Å². The molecule has 2 N–H and O–H groups in total. The van der Waals surface area contributed by atoms with Crippen molar-refractivity contribution in [2.75, 3.05) is 23.3 Å². The number of anilines is 2. The van der Waals surface area contributed by atoms with E-state index in [1.165, 1.54) is 0 Å². The number of hydrogen-bond acceptors (Lipinski definition) is 3. The van der Waals surface area contributed by atoms with E-state index in [-0.39, 0.29) is 12.1 Å². The number of benzene rings is 1. The molecule has 1 saturated heterocycles. The average Bonchev–Trinajstić information content (AvgIpc) is 2.93. The molecule has 122 valence electrons. The summed E-state index contributed by atoms with van der Waals surface area (Å²) >= 11 is 6.27. The third-order valence-corrected chi connectivity index (χ3v) is 4.22. The number of halogens is 1. The SMILES string of the molecule is Cn1ccc(NC(=O)NC2CCCN(c3ccccc3Cl)C2)n1. The van der Waals surface area contributed by atoms with Crippen LogP contribution in [0.4, 0.5) is 16.3 Å². The monoisotopic (exact) mass is 333 g/mol. The van der Waals surface area contributed by atoms with Crippen molar-refractivity contribution in [1.82, 2.24) is 15.1 Å². The number of hydrogen-bond donors (Lipinski definition) is 2. The van der Waals surface area contributed by atoms with Crippen LogP contribution in [0.2, 0.25) is 5.02 Å². The van der Waals surface area contributed by atoms with Gasteiger partial charge in [0.2, 0.25) is 0 Å². The molecule has 2 aromatic rings. The van der Waals surface area contributed by atoms with E-state index in [2.05, 4.69) is 20.6 Å². The maximum Gasteiger partial charge on any atom is 0.320 e. The Morgan fingerprint density at radius 2 is 2.17 bits per heavy atom. The second kappa shape index (κ2) is 6.91. The van der Waals surface area contributed by atoms with E-state index in [0.29, 0.717) is 5.82 Å². The highest BCUT2D eigenvalue weighted by Gasteiger charge is 2.22. The second-order valence-electron chi connectivity index (χ2n) is 5.71. The number of para-hydroxylation sites is 1. The molecule has 23 heavy (non-hydrogen) atoms. The predicted octanol–water partition coefficient (Wildman–Crippen LogP) is 2.86. The Morgan fingerprint density at radius 1 is 1.35 bits per heavy atom. The molecule has 2 heterocycles. The molecule has 3 rings (SSSR count). The number of rotatable bonds is 3. The Hall–Kier alpha value is -2.21. The van der Waals surface area contributed by atoms with Crippen LogP contribution in [-0.2, 0) is 7.05 Å². The van der Waals surface area contributed by atoms with E-state index in [0.717, 1.165) is 36.6 Å². The van der Waals surface area contributed by atoms with Gasteiger partial charge in [0.1, 0.15) is 0 Å². The van der Waals surface area contributed by atoms with Crippen molar-refractivity contribution in [3.63, 3.8) is 0 Å². The van der Waals surface area contributed by atoms with Crippen molar-refractivity contribution in [3.8, 4) is 0 Å². The molecular formula is C16H20ClN5O. The van der Waals surface area contributed by atoms with E-state index in [4.69, 9.17) is 11.6 Å². The van der Waals surface area contributed by atoms with Crippen LogP contribution in [-0.4, -0.2) is 34.9 Å². The zero-order chi connectivity index (χ0) is 16.2. The van der Waals surface area contributed by atoms with E-state index in [1.807, 2.05) is 31.3 Å². The molecule has 1 aliphatic heterocycles. The van der Waals surface area contributed by atoms with Crippen LogP contribution in [0.25, 0.3) is 0 Å². The standard InChI is InChI=1S/C16H20ClN5O/c1-21-10-8-15(20-21)19-16(23)18-12-5-4-9-22(11-12)14-7-3-2-6-13(14)17/h2-3,6-8,10,12H,4-5,9,11H2,1H3,(H2,18,19,20,23). The number of carbonyl (C=O) groups is 1. The average molecular weight is 334 g/mol. The third kappa shape index (κ3) is 3.96. The highest BCUT2D eigenvalue weighted by Crippen LogP contribution is 2.27.